The molecule has 0 aliphatic carbocycles. The summed E-state index contributed by atoms with van der Waals surface area (Å²) in [6.45, 7) is 4.70. The van der Waals surface area contributed by atoms with Gasteiger partial charge in [-0.1, -0.05) is 30.3 Å². The number of carbonyl (C=O) groups is 1. The van der Waals surface area contributed by atoms with E-state index in [4.69, 9.17) is 0 Å². The van der Waals surface area contributed by atoms with E-state index in [0.29, 0.717) is 24.3 Å². The molecule has 0 aliphatic rings. The highest BCUT2D eigenvalue weighted by Crippen LogP contribution is 2.28. The van der Waals surface area contributed by atoms with Crippen molar-refractivity contribution in [3.8, 4) is 5.82 Å². The molecule has 29 heavy (non-hydrogen) atoms. The summed E-state index contributed by atoms with van der Waals surface area (Å²) in [5, 5.41) is 4.16. The minimum absolute atomic E-state index is 0.168. The third-order valence-corrected chi connectivity index (χ3v) is 4.71. The van der Waals surface area contributed by atoms with E-state index in [1.54, 1.807) is 11.8 Å². The van der Waals surface area contributed by atoms with Crippen LogP contribution in [0.2, 0.25) is 0 Å². The molecule has 0 bridgehead atoms. The molecule has 8 heteroatoms. The molecule has 0 N–H and O–H groups in total. The number of alkyl halides is 3. The zero-order valence-corrected chi connectivity index (χ0v) is 16.1. The Balaban J connectivity index is 1.77. The molecule has 3 aromatic rings. The number of amides is 1. The van der Waals surface area contributed by atoms with Crippen molar-refractivity contribution in [3.63, 3.8) is 0 Å². The molecule has 1 aromatic carbocycles. The summed E-state index contributed by atoms with van der Waals surface area (Å²) in [6, 6.07) is 12.1. The molecule has 0 unspecified atom stereocenters. The molecule has 0 aliphatic heterocycles. The monoisotopic (exact) mass is 402 g/mol. The third kappa shape index (κ3) is 4.64. The molecule has 0 spiro atoms. The number of aromatic nitrogens is 3. The lowest BCUT2D eigenvalue weighted by Crippen LogP contribution is -2.33. The van der Waals surface area contributed by atoms with Crippen molar-refractivity contribution in [2.75, 3.05) is 13.1 Å². The Labute approximate surface area is 166 Å². The predicted molar refractivity (Wildman–Crippen MR) is 103 cm³/mol. The van der Waals surface area contributed by atoms with Gasteiger partial charge in [0, 0.05) is 19.3 Å². The quantitative estimate of drug-likeness (QED) is 0.618. The van der Waals surface area contributed by atoms with Crippen molar-refractivity contribution >= 4 is 5.91 Å². The van der Waals surface area contributed by atoms with Crippen molar-refractivity contribution in [2.24, 2.45) is 0 Å². The molecule has 0 fully saturated rings. The van der Waals surface area contributed by atoms with Crippen LogP contribution in [0.15, 0.2) is 54.9 Å². The minimum Gasteiger partial charge on any atom is -0.338 e. The van der Waals surface area contributed by atoms with Crippen LogP contribution in [0.25, 0.3) is 5.82 Å². The van der Waals surface area contributed by atoms with E-state index in [1.165, 1.54) is 16.9 Å². The van der Waals surface area contributed by atoms with Gasteiger partial charge in [-0.3, -0.25) is 4.79 Å². The molecule has 5 nitrogen and oxygen atoms in total. The number of rotatable bonds is 6. The van der Waals surface area contributed by atoms with Crippen LogP contribution in [0.4, 0.5) is 13.2 Å². The Kier molecular flexibility index (Phi) is 6.00. The van der Waals surface area contributed by atoms with Gasteiger partial charge >= 0.3 is 6.18 Å². The number of nitrogens with zero attached hydrogens (tertiary/aromatic N) is 4. The lowest BCUT2D eigenvalue weighted by Gasteiger charge is -2.20. The number of hydrogen-bond acceptors (Lipinski definition) is 3. The average molecular weight is 402 g/mol. The fourth-order valence-corrected chi connectivity index (χ4v) is 3.01. The van der Waals surface area contributed by atoms with E-state index in [9.17, 15) is 18.0 Å². The smallest absolute Gasteiger partial charge is 0.338 e. The number of likely N-dealkylation sites (N-methyl/N-ethyl adjacent to an activating group) is 1. The Hall–Kier alpha value is -3.16. The first-order valence-corrected chi connectivity index (χ1v) is 9.22. The molecule has 2 heterocycles. The first-order valence-electron chi connectivity index (χ1n) is 9.22. The number of hydrogen-bond donors (Lipinski definition) is 0. The molecule has 152 valence electrons. The van der Waals surface area contributed by atoms with Crippen LogP contribution in [0.5, 0.6) is 0 Å². The van der Waals surface area contributed by atoms with Gasteiger partial charge in [-0.05, 0) is 38.0 Å². The second kappa shape index (κ2) is 8.46. The molecular weight excluding hydrogens is 381 g/mol. The van der Waals surface area contributed by atoms with Gasteiger partial charge in [0.1, 0.15) is 0 Å². The van der Waals surface area contributed by atoms with E-state index >= 15 is 0 Å². The maximum atomic E-state index is 13.0. The molecule has 1 amide bonds. The second-order valence-corrected chi connectivity index (χ2v) is 6.58. The van der Waals surface area contributed by atoms with Crippen molar-refractivity contribution in [1.82, 2.24) is 19.7 Å². The van der Waals surface area contributed by atoms with E-state index in [0.717, 1.165) is 24.2 Å². The normalized spacial score (nSPS) is 11.5. The lowest BCUT2D eigenvalue weighted by molar-refractivity contribution is -0.137. The Bertz CT molecular complexity index is 966. The highest BCUT2D eigenvalue weighted by Gasteiger charge is 2.31. The van der Waals surface area contributed by atoms with E-state index in [1.807, 2.05) is 37.3 Å². The van der Waals surface area contributed by atoms with E-state index in [2.05, 4.69) is 10.1 Å². The second-order valence-electron chi connectivity index (χ2n) is 6.58. The summed E-state index contributed by atoms with van der Waals surface area (Å²) in [5.74, 6) is 0.0565. The predicted octanol–water partition coefficient (Wildman–Crippen LogP) is 4.30. The summed E-state index contributed by atoms with van der Waals surface area (Å²) in [7, 11) is 0. The van der Waals surface area contributed by atoms with Crippen LogP contribution in [-0.2, 0) is 12.6 Å². The van der Waals surface area contributed by atoms with Crippen molar-refractivity contribution in [1.29, 1.82) is 0 Å². The number of benzene rings is 1. The number of pyridine rings is 1. The van der Waals surface area contributed by atoms with Crippen LogP contribution < -0.4 is 0 Å². The molecule has 0 radical (unpaired) electrons. The van der Waals surface area contributed by atoms with Crippen LogP contribution in [-0.4, -0.2) is 38.7 Å². The largest absolute Gasteiger partial charge is 0.417 e. The molecular formula is C21H21F3N4O. The summed E-state index contributed by atoms with van der Waals surface area (Å²) in [6.07, 6.45) is -1.53. The average Bonchev–Trinajstić information content (AvgIpc) is 3.10. The van der Waals surface area contributed by atoms with Gasteiger partial charge in [-0.2, -0.15) is 18.3 Å². The fourth-order valence-electron chi connectivity index (χ4n) is 3.01. The van der Waals surface area contributed by atoms with Gasteiger partial charge < -0.3 is 4.90 Å². The standard InChI is InChI=1S/C21H21F3N4O/c1-3-27(12-11-16-7-5-4-6-8-16)20(29)18-14-26-28(15(18)2)19-10-9-17(13-25-19)21(22,23)24/h4-10,13-14H,3,11-12H2,1-2H3. The highest BCUT2D eigenvalue weighted by atomic mass is 19.4. The van der Waals surface area contributed by atoms with E-state index in [-0.39, 0.29) is 11.7 Å². The Morgan fingerprint density at radius 3 is 2.41 bits per heavy atom. The first-order chi connectivity index (χ1) is 13.8. The van der Waals surface area contributed by atoms with Crippen molar-refractivity contribution < 1.29 is 18.0 Å². The maximum absolute atomic E-state index is 13.0. The van der Waals surface area contributed by atoms with Crippen LogP contribution >= 0.6 is 0 Å². The van der Waals surface area contributed by atoms with Crippen molar-refractivity contribution in [2.45, 2.75) is 26.4 Å². The number of carbonyl (C=O) groups excluding carboxylic acids is 1. The minimum atomic E-state index is -4.45. The maximum Gasteiger partial charge on any atom is 0.417 e. The molecule has 0 saturated carbocycles. The van der Waals surface area contributed by atoms with Gasteiger partial charge in [0.2, 0.25) is 0 Å². The van der Waals surface area contributed by atoms with Gasteiger partial charge in [-0.15, -0.1) is 0 Å². The fraction of sp³-hybridized carbons (Fsp3) is 0.286. The summed E-state index contributed by atoms with van der Waals surface area (Å²) >= 11 is 0. The van der Waals surface area contributed by atoms with Crippen LogP contribution in [0, 0.1) is 6.92 Å². The van der Waals surface area contributed by atoms with Crippen LogP contribution in [0.1, 0.15) is 34.1 Å². The molecule has 0 atom stereocenters. The molecule has 3 rings (SSSR count). The SMILES string of the molecule is CCN(CCc1ccccc1)C(=O)c1cnn(-c2ccc(C(F)(F)F)cn2)c1C. The zero-order valence-electron chi connectivity index (χ0n) is 16.1. The summed E-state index contributed by atoms with van der Waals surface area (Å²) in [4.78, 5) is 18.5. The first kappa shape index (κ1) is 20.6. The Morgan fingerprint density at radius 2 is 1.83 bits per heavy atom. The van der Waals surface area contributed by atoms with Gasteiger partial charge in [0.05, 0.1) is 23.0 Å². The Morgan fingerprint density at radius 1 is 1.10 bits per heavy atom. The summed E-state index contributed by atoms with van der Waals surface area (Å²) in [5.41, 5.74) is 1.24. The van der Waals surface area contributed by atoms with Crippen molar-refractivity contribution in [3.05, 3.63) is 77.2 Å². The van der Waals surface area contributed by atoms with Gasteiger partial charge in [0.25, 0.3) is 5.91 Å². The van der Waals surface area contributed by atoms with Crippen LogP contribution in [0.3, 0.4) is 0 Å². The van der Waals surface area contributed by atoms with E-state index < -0.39 is 11.7 Å². The molecule has 0 saturated heterocycles. The van der Waals surface area contributed by atoms with Gasteiger partial charge in [0.15, 0.2) is 5.82 Å². The van der Waals surface area contributed by atoms with Gasteiger partial charge in [-0.25, -0.2) is 9.67 Å². The molecule has 2 aromatic heterocycles. The number of halogens is 3. The third-order valence-electron chi connectivity index (χ3n) is 4.71. The highest BCUT2D eigenvalue weighted by molar-refractivity contribution is 5.95. The zero-order chi connectivity index (χ0) is 21.0. The topological polar surface area (TPSA) is 51.0 Å². The summed E-state index contributed by atoms with van der Waals surface area (Å²) < 4.78 is 39.5. The lowest BCUT2D eigenvalue weighted by atomic mass is 10.1.